The zero-order valence-corrected chi connectivity index (χ0v) is 33.1. The molecule has 296 valence electrons. The third kappa shape index (κ3) is 8.51. The maximum absolute atomic E-state index is 13.8. The number of hydrogen-bond donors (Lipinski definition) is 0. The molecule has 3 aliphatic heterocycles. The fraction of sp³-hybridized carbons (Fsp3) is 0.417. The van der Waals surface area contributed by atoms with Crippen LogP contribution < -0.4 is 0 Å². The summed E-state index contributed by atoms with van der Waals surface area (Å²) in [5.41, 5.74) is 2.48. The Hall–Kier alpha value is -4.14. The molecule has 3 saturated heterocycles. The molecule has 3 heterocycles. The first-order valence-electron chi connectivity index (χ1n) is 18.0. The lowest BCUT2D eigenvalue weighted by atomic mass is 10.1. The second-order valence-electron chi connectivity index (χ2n) is 14.0. The van der Waals surface area contributed by atoms with Crippen LogP contribution in [0, 0.1) is 20.8 Å². The van der Waals surface area contributed by atoms with E-state index in [0.717, 1.165) is 29.6 Å². The number of carbonyl (C=O) groups excluding carboxylic acids is 3. The van der Waals surface area contributed by atoms with Crippen LogP contribution in [0.1, 0.15) is 55.2 Å². The average Bonchev–Trinajstić information content (AvgIpc) is 3.94. The van der Waals surface area contributed by atoms with E-state index >= 15 is 0 Å². The summed E-state index contributed by atoms with van der Waals surface area (Å²) in [5, 5.41) is 0. The van der Waals surface area contributed by atoms with Crippen LogP contribution in [0.3, 0.4) is 0 Å². The van der Waals surface area contributed by atoms with Gasteiger partial charge in [-0.15, -0.1) is 0 Å². The molecule has 3 unspecified atom stereocenters. The molecule has 6 rings (SSSR count). The van der Waals surface area contributed by atoms with Crippen LogP contribution in [0.4, 0.5) is 0 Å². The van der Waals surface area contributed by atoms with E-state index in [2.05, 4.69) is 0 Å². The molecule has 0 saturated carbocycles. The minimum atomic E-state index is -4.18. The highest BCUT2D eigenvalue weighted by molar-refractivity contribution is 7.89. The maximum atomic E-state index is 13.8. The van der Waals surface area contributed by atoms with Gasteiger partial charge in [-0.2, -0.15) is 12.9 Å². The first-order chi connectivity index (χ1) is 26.0. The third-order valence-corrected chi connectivity index (χ3v) is 15.9. The van der Waals surface area contributed by atoms with E-state index in [9.17, 15) is 39.6 Å². The molecular weight excluding hydrogens is 773 g/mol. The monoisotopic (exact) mass is 816 g/mol. The topological polar surface area (TPSA) is 191 Å². The molecular formula is C36H43BN3O12S3-. The molecule has 0 spiro atoms. The predicted octanol–water partition coefficient (Wildman–Crippen LogP) is 2.82. The molecule has 0 bridgehead atoms. The minimum Gasteiger partial charge on any atom is -0.624 e. The summed E-state index contributed by atoms with van der Waals surface area (Å²) in [6.07, 6.45) is 1.04. The lowest BCUT2D eigenvalue weighted by Gasteiger charge is -2.34. The van der Waals surface area contributed by atoms with Crippen molar-refractivity contribution in [2.75, 3.05) is 19.6 Å². The van der Waals surface area contributed by atoms with E-state index in [1.807, 2.05) is 0 Å². The van der Waals surface area contributed by atoms with E-state index in [4.69, 9.17) is 14.0 Å². The smallest absolute Gasteiger partial charge is 0.541 e. The summed E-state index contributed by atoms with van der Waals surface area (Å²) in [7, 11) is -16.1. The van der Waals surface area contributed by atoms with Gasteiger partial charge in [-0.05, 0) is 95.7 Å². The molecule has 0 aromatic heterocycles. The molecule has 0 aliphatic carbocycles. The van der Waals surface area contributed by atoms with Gasteiger partial charge >= 0.3 is 7.32 Å². The normalized spacial score (nSPS) is 22.0. The standard InChI is InChI=1S/C36H43BN3O12S3/c1-25-10-16-28(17-11-25)53(44,45)38-22-4-7-31(38)34(41)50-37(51-35(42)32-8-5-23-39(32)54(46,47)29-18-12-26(2)13-19-29)52-36(43)33-9-6-24-40(33)55(48,49)30-20-14-27(3)15-21-30/h10-21,31-33,37H,4-9,22-24H2,1-3H3/q-1. The van der Waals surface area contributed by atoms with Crippen molar-refractivity contribution >= 4 is 55.3 Å². The van der Waals surface area contributed by atoms with Gasteiger partial charge in [0.25, 0.3) is 17.9 Å². The fourth-order valence-corrected chi connectivity index (χ4v) is 12.0. The Labute approximate surface area is 321 Å². The van der Waals surface area contributed by atoms with Crippen LogP contribution in [0.5, 0.6) is 0 Å². The summed E-state index contributed by atoms with van der Waals surface area (Å²) in [4.78, 5) is 41.2. The van der Waals surface area contributed by atoms with Crippen LogP contribution in [-0.4, -0.2) is 101 Å². The van der Waals surface area contributed by atoms with Crippen molar-refractivity contribution in [3.05, 3.63) is 89.5 Å². The van der Waals surface area contributed by atoms with Gasteiger partial charge in [0.2, 0.25) is 30.1 Å². The Morgan fingerprint density at radius 3 is 0.945 bits per heavy atom. The number of benzene rings is 3. The summed E-state index contributed by atoms with van der Waals surface area (Å²) < 4.78 is 101. The number of sulfonamides is 3. The van der Waals surface area contributed by atoms with Crippen LogP contribution >= 0.6 is 0 Å². The molecule has 0 N–H and O–H groups in total. The molecule has 15 nitrogen and oxygen atoms in total. The van der Waals surface area contributed by atoms with Crippen molar-refractivity contribution in [3.8, 4) is 0 Å². The van der Waals surface area contributed by atoms with Gasteiger partial charge in [0.15, 0.2) is 0 Å². The van der Waals surface area contributed by atoms with E-state index in [0.29, 0.717) is 19.3 Å². The zero-order valence-electron chi connectivity index (χ0n) is 30.7. The van der Waals surface area contributed by atoms with Crippen molar-refractivity contribution in [3.63, 3.8) is 0 Å². The van der Waals surface area contributed by atoms with Crippen molar-refractivity contribution in [2.45, 2.75) is 92.1 Å². The highest BCUT2D eigenvalue weighted by atomic mass is 32.2. The molecule has 3 aromatic rings. The number of nitrogens with zero attached hydrogens (tertiary/aromatic N) is 3. The van der Waals surface area contributed by atoms with E-state index in [-0.39, 0.29) is 53.6 Å². The Morgan fingerprint density at radius 2 is 0.709 bits per heavy atom. The second kappa shape index (κ2) is 16.1. The van der Waals surface area contributed by atoms with Gasteiger partial charge in [-0.3, -0.25) is 14.4 Å². The first-order valence-corrected chi connectivity index (χ1v) is 22.3. The lowest BCUT2D eigenvalue weighted by Crippen LogP contribution is -2.49. The number of aryl methyl sites for hydroxylation is 3. The molecule has 3 fully saturated rings. The Bertz CT molecular complexity index is 2000. The van der Waals surface area contributed by atoms with Crippen molar-refractivity contribution in [1.82, 2.24) is 12.9 Å². The summed E-state index contributed by atoms with van der Waals surface area (Å²) in [6.45, 7) is 5.34. The van der Waals surface area contributed by atoms with E-state index in [1.165, 1.54) is 36.4 Å². The summed E-state index contributed by atoms with van der Waals surface area (Å²) >= 11 is 0. The van der Waals surface area contributed by atoms with Gasteiger partial charge in [-0.1, -0.05) is 53.1 Å². The SMILES string of the molecule is Cc1ccc(S(=O)(=O)N2CCCC2C(=O)O[BH-](OC(=O)C2CCCN2S(=O)(=O)c2ccc(C)cc2)OC(=O)C2CCCN2S(=O)(=O)c2ccc(C)cc2)cc1. The Kier molecular flexibility index (Phi) is 11.9. The molecule has 3 atom stereocenters. The average molecular weight is 817 g/mol. The summed E-state index contributed by atoms with van der Waals surface area (Å²) in [5.74, 6) is -3.46. The van der Waals surface area contributed by atoms with Gasteiger partial charge in [0.1, 0.15) is 18.1 Å². The molecule has 55 heavy (non-hydrogen) atoms. The van der Waals surface area contributed by atoms with Crippen molar-refractivity contribution < 1.29 is 53.6 Å². The molecule has 3 aromatic carbocycles. The number of rotatable bonds is 12. The number of carbonyl (C=O) groups is 3. The Balaban J connectivity index is 1.26. The van der Waals surface area contributed by atoms with Crippen LogP contribution in [0.25, 0.3) is 0 Å². The number of hydrogen-bond acceptors (Lipinski definition) is 12. The third-order valence-electron chi connectivity index (χ3n) is 10.1. The van der Waals surface area contributed by atoms with Gasteiger partial charge in [0.05, 0.1) is 14.7 Å². The zero-order chi connectivity index (χ0) is 39.7. The molecule has 0 radical (unpaired) electrons. The van der Waals surface area contributed by atoms with Crippen molar-refractivity contribution in [2.24, 2.45) is 0 Å². The molecule has 19 heteroatoms. The van der Waals surface area contributed by atoms with Crippen LogP contribution in [-0.2, 0) is 58.4 Å². The van der Waals surface area contributed by atoms with Crippen molar-refractivity contribution in [1.29, 1.82) is 0 Å². The Morgan fingerprint density at radius 1 is 0.473 bits per heavy atom. The van der Waals surface area contributed by atoms with E-state index < -0.39 is 73.4 Å². The minimum absolute atomic E-state index is 0.0165. The quantitative estimate of drug-likeness (QED) is 0.244. The molecule has 3 aliphatic rings. The van der Waals surface area contributed by atoms with E-state index in [1.54, 1.807) is 57.2 Å². The van der Waals surface area contributed by atoms with Gasteiger partial charge in [0, 0.05) is 19.6 Å². The highest BCUT2D eigenvalue weighted by Gasteiger charge is 2.45. The lowest BCUT2D eigenvalue weighted by molar-refractivity contribution is -0.152. The van der Waals surface area contributed by atoms with Crippen LogP contribution in [0.15, 0.2) is 87.5 Å². The fourth-order valence-electron chi connectivity index (χ4n) is 7.05. The first kappa shape index (κ1) is 40.5. The predicted molar refractivity (Wildman–Crippen MR) is 200 cm³/mol. The maximum Gasteiger partial charge on any atom is 0.541 e. The second-order valence-corrected chi connectivity index (χ2v) is 19.7. The highest BCUT2D eigenvalue weighted by Crippen LogP contribution is 2.31. The van der Waals surface area contributed by atoms with Gasteiger partial charge in [-0.25, -0.2) is 25.3 Å². The largest absolute Gasteiger partial charge is 0.624 e. The molecule has 0 amide bonds. The van der Waals surface area contributed by atoms with Gasteiger partial charge < -0.3 is 14.0 Å². The van der Waals surface area contributed by atoms with Crippen LogP contribution in [0.2, 0.25) is 0 Å². The summed E-state index contributed by atoms with van der Waals surface area (Å²) in [6, 6.07) is 14.1.